The number of amides is 3. The molecule has 0 fully saturated rings. The number of nitrogens with one attached hydrogen (secondary N) is 1. The van der Waals surface area contributed by atoms with Gasteiger partial charge in [0.15, 0.2) is 6.61 Å². The SMILES string of the molecule is Cc1cccc(Oc2ccc(NC(=O)COC(=O)c3ccc4c(c3)C(=O)N(c3nnc(C)s3)C4=O)cc2)c1. The van der Waals surface area contributed by atoms with E-state index in [0.29, 0.717) is 22.2 Å². The Balaban J connectivity index is 1.17. The minimum atomic E-state index is -0.810. The quantitative estimate of drug-likeness (QED) is 0.273. The molecule has 0 bridgehead atoms. The molecule has 10 nitrogen and oxygen atoms in total. The molecule has 0 spiro atoms. The molecule has 5 rings (SSSR count). The van der Waals surface area contributed by atoms with Gasteiger partial charge < -0.3 is 14.8 Å². The van der Waals surface area contributed by atoms with Crippen LogP contribution in [0.3, 0.4) is 0 Å². The number of esters is 1. The summed E-state index contributed by atoms with van der Waals surface area (Å²) in [5.74, 6) is -1.20. The van der Waals surface area contributed by atoms with Crippen LogP contribution in [-0.2, 0) is 9.53 Å². The predicted molar refractivity (Wildman–Crippen MR) is 139 cm³/mol. The number of ether oxygens (including phenoxy) is 2. The molecule has 38 heavy (non-hydrogen) atoms. The smallest absolute Gasteiger partial charge is 0.338 e. The standard InChI is InChI=1S/C27H20N4O6S/c1-15-4-3-5-20(12-15)37-19-9-7-18(8-10-19)28-23(32)14-36-26(35)17-6-11-21-22(13-17)25(34)31(24(21)33)27-30-29-16(2)38-27/h3-13H,14H2,1-2H3,(H,28,32). The number of hydrogen-bond donors (Lipinski definition) is 1. The van der Waals surface area contributed by atoms with Crippen molar-refractivity contribution < 1.29 is 28.7 Å². The van der Waals surface area contributed by atoms with Crippen molar-refractivity contribution in [2.24, 2.45) is 0 Å². The van der Waals surface area contributed by atoms with Gasteiger partial charge in [0.1, 0.15) is 16.5 Å². The molecule has 0 unspecified atom stereocenters. The second kappa shape index (κ2) is 10.2. The van der Waals surface area contributed by atoms with E-state index in [1.54, 1.807) is 31.2 Å². The highest BCUT2D eigenvalue weighted by atomic mass is 32.1. The van der Waals surface area contributed by atoms with Crippen molar-refractivity contribution in [1.29, 1.82) is 0 Å². The fourth-order valence-corrected chi connectivity index (χ4v) is 4.44. The Morgan fingerprint density at radius 3 is 2.37 bits per heavy atom. The number of rotatable bonds is 7. The van der Waals surface area contributed by atoms with Gasteiger partial charge in [0.25, 0.3) is 17.7 Å². The summed E-state index contributed by atoms with van der Waals surface area (Å²) >= 11 is 1.11. The maximum atomic E-state index is 12.8. The van der Waals surface area contributed by atoms with Crippen molar-refractivity contribution in [2.45, 2.75) is 13.8 Å². The van der Waals surface area contributed by atoms with E-state index in [-0.39, 0.29) is 21.8 Å². The molecule has 0 aliphatic carbocycles. The number of carbonyl (C=O) groups is 4. The highest BCUT2D eigenvalue weighted by Crippen LogP contribution is 2.31. The van der Waals surface area contributed by atoms with Crippen LogP contribution in [-0.4, -0.2) is 40.5 Å². The zero-order chi connectivity index (χ0) is 26.8. The fraction of sp³-hybridized carbons (Fsp3) is 0.111. The average Bonchev–Trinajstić information content (AvgIpc) is 3.43. The monoisotopic (exact) mass is 528 g/mol. The number of fused-ring (bicyclic) bond motifs is 1. The lowest BCUT2D eigenvalue weighted by molar-refractivity contribution is -0.119. The van der Waals surface area contributed by atoms with Gasteiger partial charge in [-0.3, -0.25) is 14.4 Å². The molecule has 1 aromatic heterocycles. The Bertz CT molecular complexity index is 1580. The highest BCUT2D eigenvalue weighted by Gasteiger charge is 2.39. The molecule has 190 valence electrons. The summed E-state index contributed by atoms with van der Waals surface area (Å²) in [6.45, 7) is 3.14. The van der Waals surface area contributed by atoms with Crippen LogP contribution in [0, 0.1) is 13.8 Å². The first-order chi connectivity index (χ1) is 18.3. The van der Waals surface area contributed by atoms with Crippen molar-refractivity contribution >= 4 is 45.8 Å². The summed E-state index contributed by atoms with van der Waals surface area (Å²) in [4.78, 5) is 51.3. The van der Waals surface area contributed by atoms with E-state index >= 15 is 0 Å². The Morgan fingerprint density at radius 2 is 1.66 bits per heavy atom. The third-order valence-corrected chi connectivity index (χ3v) is 6.35. The molecule has 1 aliphatic rings. The van der Waals surface area contributed by atoms with Crippen LogP contribution in [0.1, 0.15) is 41.6 Å². The molecule has 4 aromatic rings. The molecular weight excluding hydrogens is 508 g/mol. The summed E-state index contributed by atoms with van der Waals surface area (Å²) in [7, 11) is 0. The summed E-state index contributed by atoms with van der Waals surface area (Å²) < 4.78 is 10.9. The number of imide groups is 1. The van der Waals surface area contributed by atoms with Gasteiger partial charge >= 0.3 is 5.97 Å². The Morgan fingerprint density at radius 1 is 0.895 bits per heavy atom. The van der Waals surface area contributed by atoms with Gasteiger partial charge in [-0.25, -0.2) is 9.69 Å². The summed E-state index contributed by atoms with van der Waals surface area (Å²) in [6, 6.07) is 18.4. The summed E-state index contributed by atoms with van der Waals surface area (Å²) in [5.41, 5.74) is 1.80. The number of anilines is 2. The first kappa shape index (κ1) is 24.8. The Hall–Kier alpha value is -4.90. The molecule has 0 radical (unpaired) electrons. The van der Waals surface area contributed by atoms with Gasteiger partial charge in [-0.2, -0.15) is 0 Å². The zero-order valence-corrected chi connectivity index (χ0v) is 21.1. The second-order valence-electron chi connectivity index (χ2n) is 8.38. The van der Waals surface area contributed by atoms with Crippen LogP contribution < -0.4 is 15.0 Å². The van der Waals surface area contributed by atoms with Crippen LogP contribution >= 0.6 is 11.3 Å². The highest BCUT2D eigenvalue weighted by molar-refractivity contribution is 7.15. The number of aryl methyl sites for hydroxylation is 2. The maximum absolute atomic E-state index is 12.8. The lowest BCUT2D eigenvalue weighted by atomic mass is 10.1. The molecule has 0 atom stereocenters. The normalized spacial score (nSPS) is 12.3. The Labute approximate surface area is 220 Å². The molecule has 0 saturated carbocycles. The van der Waals surface area contributed by atoms with Crippen molar-refractivity contribution in [3.05, 3.63) is 94.0 Å². The number of hydrogen-bond acceptors (Lipinski definition) is 9. The number of carbonyl (C=O) groups excluding carboxylic acids is 4. The van der Waals surface area contributed by atoms with Gasteiger partial charge in [-0.05, 0) is 74.0 Å². The van der Waals surface area contributed by atoms with E-state index in [2.05, 4.69) is 15.5 Å². The van der Waals surface area contributed by atoms with Crippen molar-refractivity contribution in [3.63, 3.8) is 0 Å². The second-order valence-corrected chi connectivity index (χ2v) is 9.54. The molecule has 11 heteroatoms. The van der Waals surface area contributed by atoms with Gasteiger partial charge in [0, 0.05) is 5.69 Å². The number of benzene rings is 3. The van der Waals surface area contributed by atoms with E-state index in [9.17, 15) is 19.2 Å². The predicted octanol–water partition coefficient (Wildman–Crippen LogP) is 4.54. The largest absolute Gasteiger partial charge is 0.457 e. The van der Waals surface area contributed by atoms with Crippen LogP contribution in [0.2, 0.25) is 0 Å². The topological polar surface area (TPSA) is 128 Å². The molecule has 1 N–H and O–H groups in total. The van der Waals surface area contributed by atoms with E-state index in [0.717, 1.165) is 21.8 Å². The minimum absolute atomic E-state index is 0.0330. The van der Waals surface area contributed by atoms with E-state index in [4.69, 9.17) is 9.47 Å². The number of aromatic nitrogens is 2. The van der Waals surface area contributed by atoms with E-state index in [1.165, 1.54) is 18.2 Å². The molecule has 3 aromatic carbocycles. The summed E-state index contributed by atoms with van der Waals surface area (Å²) in [5, 5.41) is 11.1. The molecule has 0 saturated heterocycles. The van der Waals surface area contributed by atoms with Crippen LogP contribution in [0.15, 0.2) is 66.7 Å². The van der Waals surface area contributed by atoms with Gasteiger partial charge in [0.2, 0.25) is 5.13 Å². The van der Waals surface area contributed by atoms with Crippen LogP contribution in [0.5, 0.6) is 11.5 Å². The first-order valence-electron chi connectivity index (χ1n) is 11.4. The molecule has 2 heterocycles. The third-order valence-electron chi connectivity index (χ3n) is 5.53. The van der Waals surface area contributed by atoms with Gasteiger partial charge in [0.05, 0.1) is 16.7 Å². The van der Waals surface area contributed by atoms with E-state index in [1.807, 2.05) is 31.2 Å². The molecular formula is C27H20N4O6S. The van der Waals surface area contributed by atoms with E-state index < -0.39 is 30.3 Å². The van der Waals surface area contributed by atoms with Crippen molar-refractivity contribution in [1.82, 2.24) is 10.2 Å². The minimum Gasteiger partial charge on any atom is -0.457 e. The number of nitrogens with zero attached hydrogens (tertiary/aromatic N) is 3. The van der Waals surface area contributed by atoms with Gasteiger partial charge in [-0.15, -0.1) is 10.2 Å². The zero-order valence-electron chi connectivity index (χ0n) is 20.3. The summed E-state index contributed by atoms with van der Waals surface area (Å²) in [6.07, 6.45) is 0. The maximum Gasteiger partial charge on any atom is 0.338 e. The molecule has 3 amide bonds. The fourth-order valence-electron chi connectivity index (χ4n) is 3.75. The average molecular weight is 529 g/mol. The van der Waals surface area contributed by atoms with Crippen LogP contribution in [0.4, 0.5) is 10.8 Å². The van der Waals surface area contributed by atoms with Crippen molar-refractivity contribution in [2.75, 3.05) is 16.8 Å². The lowest BCUT2D eigenvalue weighted by Crippen LogP contribution is -2.29. The third kappa shape index (κ3) is 5.13. The van der Waals surface area contributed by atoms with Crippen molar-refractivity contribution in [3.8, 4) is 11.5 Å². The van der Waals surface area contributed by atoms with Crippen LogP contribution in [0.25, 0.3) is 0 Å². The Kier molecular flexibility index (Phi) is 6.67. The van der Waals surface area contributed by atoms with Gasteiger partial charge in [-0.1, -0.05) is 23.5 Å². The first-order valence-corrected chi connectivity index (χ1v) is 12.2. The molecule has 1 aliphatic heterocycles. The lowest BCUT2D eigenvalue weighted by Gasteiger charge is -2.09.